The Labute approximate surface area is 175 Å². The quantitative estimate of drug-likeness (QED) is 0.636. The van der Waals surface area contributed by atoms with E-state index in [1.807, 2.05) is 9.80 Å². The lowest BCUT2D eigenvalue weighted by Crippen LogP contribution is -2.50. The molecule has 2 heterocycles. The number of amides is 1. The number of hydrogen-bond acceptors (Lipinski definition) is 5. The summed E-state index contributed by atoms with van der Waals surface area (Å²) >= 11 is 0. The highest BCUT2D eigenvalue weighted by Crippen LogP contribution is 2.26. The first kappa shape index (κ1) is 21.9. The zero-order chi connectivity index (χ0) is 21.5. The van der Waals surface area contributed by atoms with E-state index in [4.69, 9.17) is 4.74 Å². The summed E-state index contributed by atoms with van der Waals surface area (Å²) in [6.45, 7) is 6.78. The molecule has 0 N–H and O–H groups in total. The number of carbonyl (C=O) groups is 1. The minimum absolute atomic E-state index is 0.0983. The smallest absolute Gasteiger partial charge is 0.225 e. The molecule has 1 atom stereocenters. The highest BCUT2D eigenvalue weighted by molar-refractivity contribution is 5.79. The largest absolute Gasteiger partial charge is 0.436 e. The first-order chi connectivity index (χ1) is 14.5. The van der Waals surface area contributed by atoms with Crippen molar-refractivity contribution in [1.29, 1.82) is 0 Å². The molecule has 1 aromatic heterocycles. The molecule has 0 unspecified atom stereocenters. The second-order valence-electron chi connectivity index (χ2n) is 7.45. The van der Waals surface area contributed by atoms with Crippen LogP contribution in [-0.2, 0) is 4.79 Å². The van der Waals surface area contributed by atoms with Crippen LogP contribution in [-0.4, -0.2) is 47.0 Å². The zero-order valence-corrected chi connectivity index (χ0v) is 17.5. The summed E-state index contributed by atoms with van der Waals surface area (Å²) in [5.74, 6) is -0.409. The molecule has 3 rings (SSSR count). The van der Waals surface area contributed by atoms with E-state index in [-0.39, 0.29) is 23.5 Å². The van der Waals surface area contributed by atoms with E-state index >= 15 is 0 Å². The topological polar surface area (TPSA) is 58.6 Å². The summed E-state index contributed by atoms with van der Waals surface area (Å²) in [7, 11) is 0. The van der Waals surface area contributed by atoms with E-state index in [1.54, 1.807) is 6.07 Å². The summed E-state index contributed by atoms with van der Waals surface area (Å²) < 4.78 is 32.3. The average molecular weight is 418 g/mol. The molecule has 1 aliphatic rings. The minimum atomic E-state index is -0.796. The van der Waals surface area contributed by atoms with Crippen molar-refractivity contribution in [3.05, 3.63) is 42.2 Å². The fraction of sp³-hybridized carbons (Fsp3) is 0.500. The van der Waals surface area contributed by atoms with Crippen LogP contribution < -0.4 is 9.64 Å². The molecular formula is C22H28F2N4O2. The monoisotopic (exact) mass is 418 g/mol. The van der Waals surface area contributed by atoms with Crippen molar-refractivity contribution < 1.29 is 18.3 Å². The first-order valence-corrected chi connectivity index (χ1v) is 10.5. The average Bonchev–Trinajstić information content (AvgIpc) is 2.76. The Morgan fingerprint density at radius 3 is 2.57 bits per heavy atom. The maximum Gasteiger partial charge on any atom is 0.225 e. The first-order valence-electron chi connectivity index (χ1n) is 10.5. The molecule has 1 aromatic carbocycles. The van der Waals surface area contributed by atoms with Crippen LogP contribution in [0.2, 0.25) is 0 Å². The number of unbranched alkanes of at least 4 members (excludes halogenated alkanes) is 1. The number of rotatable bonds is 8. The van der Waals surface area contributed by atoms with Crippen molar-refractivity contribution in [2.24, 2.45) is 5.92 Å². The Morgan fingerprint density at radius 1 is 1.13 bits per heavy atom. The van der Waals surface area contributed by atoms with Crippen LogP contribution in [0.25, 0.3) is 0 Å². The van der Waals surface area contributed by atoms with Gasteiger partial charge in [-0.05, 0) is 25.0 Å². The van der Waals surface area contributed by atoms with Crippen LogP contribution >= 0.6 is 0 Å². The molecule has 6 nitrogen and oxygen atoms in total. The molecule has 0 bridgehead atoms. The van der Waals surface area contributed by atoms with Gasteiger partial charge < -0.3 is 14.5 Å². The van der Waals surface area contributed by atoms with E-state index in [0.717, 1.165) is 37.8 Å². The predicted molar refractivity (Wildman–Crippen MR) is 111 cm³/mol. The maximum absolute atomic E-state index is 13.8. The molecule has 0 saturated carbocycles. The van der Waals surface area contributed by atoms with E-state index in [1.165, 1.54) is 12.4 Å². The summed E-state index contributed by atoms with van der Waals surface area (Å²) in [4.78, 5) is 25.1. The van der Waals surface area contributed by atoms with Gasteiger partial charge in [0.2, 0.25) is 11.8 Å². The number of aromatic nitrogens is 2. The third-order valence-electron chi connectivity index (χ3n) is 5.40. The molecule has 162 valence electrons. The van der Waals surface area contributed by atoms with Crippen molar-refractivity contribution in [2.45, 2.75) is 39.5 Å². The Morgan fingerprint density at radius 2 is 1.90 bits per heavy atom. The highest BCUT2D eigenvalue weighted by Gasteiger charge is 2.26. The van der Waals surface area contributed by atoms with Gasteiger partial charge in [-0.1, -0.05) is 26.7 Å². The molecule has 1 aliphatic heterocycles. The van der Waals surface area contributed by atoms with E-state index in [2.05, 4.69) is 23.8 Å². The van der Waals surface area contributed by atoms with E-state index in [0.29, 0.717) is 32.0 Å². The van der Waals surface area contributed by atoms with Gasteiger partial charge in [0, 0.05) is 44.2 Å². The van der Waals surface area contributed by atoms with Crippen LogP contribution in [0.3, 0.4) is 0 Å². The Balaban J connectivity index is 1.60. The second kappa shape index (κ2) is 10.3. The SMILES string of the molecule is CCCC[C@@H](CC)C(=O)N1CCN(c2cc(Oc3ccc(F)cc3F)ncn2)CC1. The predicted octanol–water partition coefficient (Wildman–Crippen LogP) is 4.41. The van der Waals surface area contributed by atoms with Gasteiger partial charge in [0.25, 0.3) is 0 Å². The van der Waals surface area contributed by atoms with Crippen LogP contribution in [0.5, 0.6) is 11.6 Å². The number of piperazine rings is 1. The van der Waals surface area contributed by atoms with Crippen LogP contribution in [0, 0.1) is 17.6 Å². The normalized spacial score (nSPS) is 15.2. The number of nitrogens with zero attached hydrogens (tertiary/aromatic N) is 4. The van der Waals surface area contributed by atoms with Crippen molar-refractivity contribution in [3.8, 4) is 11.6 Å². The molecule has 1 saturated heterocycles. The number of hydrogen-bond donors (Lipinski definition) is 0. The van der Waals surface area contributed by atoms with Crippen LogP contribution in [0.1, 0.15) is 39.5 Å². The number of anilines is 1. The van der Waals surface area contributed by atoms with Crippen LogP contribution in [0.4, 0.5) is 14.6 Å². The van der Waals surface area contributed by atoms with Gasteiger partial charge in [-0.25, -0.2) is 18.7 Å². The van der Waals surface area contributed by atoms with Gasteiger partial charge >= 0.3 is 0 Å². The Kier molecular flexibility index (Phi) is 7.54. The van der Waals surface area contributed by atoms with Gasteiger partial charge in [0.1, 0.15) is 18.0 Å². The number of benzene rings is 1. The molecule has 0 radical (unpaired) electrons. The lowest BCUT2D eigenvalue weighted by Gasteiger charge is -2.37. The van der Waals surface area contributed by atoms with Gasteiger partial charge in [-0.2, -0.15) is 0 Å². The summed E-state index contributed by atoms with van der Waals surface area (Å²) in [5, 5.41) is 0. The molecule has 0 spiro atoms. The van der Waals surface area contributed by atoms with Crippen LogP contribution in [0.15, 0.2) is 30.6 Å². The Bertz CT molecular complexity index is 857. The summed E-state index contributed by atoms with van der Waals surface area (Å²) in [5.41, 5.74) is 0. The van der Waals surface area contributed by atoms with Crippen molar-refractivity contribution in [3.63, 3.8) is 0 Å². The lowest BCUT2D eigenvalue weighted by atomic mass is 9.97. The molecule has 1 fully saturated rings. The fourth-order valence-electron chi connectivity index (χ4n) is 3.60. The number of carbonyl (C=O) groups excluding carboxylic acids is 1. The van der Waals surface area contributed by atoms with E-state index < -0.39 is 11.6 Å². The molecule has 0 aliphatic carbocycles. The second-order valence-corrected chi connectivity index (χ2v) is 7.45. The summed E-state index contributed by atoms with van der Waals surface area (Å²) in [6.07, 6.45) is 5.33. The molecule has 8 heteroatoms. The third-order valence-corrected chi connectivity index (χ3v) is 5.40. The maximum atomic E-state index is 13.8. The Hall–Kier alpha value is -2.77. The van der Waals surface area contributed by atoms with Gasteiger partial charge in [0.05, 0.1) is 0 Å². The zero-order valence-electron chi connectivity index (χ0n) is 17.5. The minimum Gasteiger partial charge on any atom is -0.436 e. The highest BCUT2D eigenvalue weighted by atomic mass is 19.1. The molecule has 2 aromatic rings. The number of ether oxygens (including phenoxy) is 1. The molecular weight excluding hydrogens is 390 g/mol. The van der Waals surface area contributed by atoms with Gasteiger partial charge in [-0.15, -0.1) is 0 Å². The number of halogens is 2. The van der Waals surface area contributed by atoms with Gasteiger partial charge in [0.15, 0.2) is 11.6 Å². The molecule has 1 amide bonds. The van der Waals surface area contributed by atoms with E-state index in [9.17, 15) is 13.6 Å². The molecule has 30 heavy (non-hydrogen) atoms. The fourth-order valence-corrected chi connectivity index (χ4v) is 3.60. The van der Waals surface area contributed by atoms with Crippen molar-refractivity contribution in [2.75, 3.05) is 31.1 Å². The van der Waals surface area contributed by atoms with Gasteiger partial charge in [-0.3, -0.25) is 4.79 Å². The van der Waals surface area contributed by atoms with Crippen molar-refractivity contribution >= 4 is 11.7 Å². The lowest BCUT2D eigenvalue weighted by molar-refractivity contribution is -0.136. The summed E-state index contributed by atoms with van der Waals surface area (Å²) in [6, 6.07) is 4.73. The standard InChI is InChI=1S/C22H28F2N4O2/c1-3-5-6-16(4-2)22(29)28-11-9-27(10-12-28)20-14-21(26-15-25-20)30-19-8-7-17(23)13-18(19)24/h7-8,13-16H,3-6,9-12H2,1-2H3/t16-/m1/s1. The third kappa shape index (κ3) is 5.43. The van der Waals surface area contributed by atoms with Crippen molar-refractivity contribution in [1.82, 2.24) is 14.9 Å².